The maximum Gasteiger partial charge on any atom is 0.337 e. The Kier molecular flexibility index (Phi) is 7.12. The van der Waals surface area contributed by atoms with E-state index in [9.17, 15) is 19.1 Å². The highest BCUT2D eigenvalue weighted by atomic mass is 35.5. The molecule has 1 spiro atoms. The molecule has 4 aliphatic heterocycles. The summed E-state index contributed by atoms with van der Waals surface area (Å²) < 4.78 is 40.9. The minimum absolute atomic E-state index is 0.0257. The Labute approximate surface area is 274 Å². The number of carbonyl (C=O) groups excluding carboxylic acids is 1. The van der Waals surface area contributed by atoms with E-state index < -0.39 is 23.9 Å². The lowest BCUT2D eigenvalue weighted by molar-refractivity contribution is 0.000842. The topological polar surface area (TPSA) is 82.5 Å². The Bertz CT molecular complexity index is 1740. The molecular formula is C34H31Cl2F2N3O5. The average Bonchev–Trinajstić information content (AvgIpc) is 3.23. The van der Waals surface area contributed by atoms with E-state index in [2.05, 4.69) is 9.80 Å². The summed E-state index contributed by atoms with van der Waals surface area (Å²) in [7, 11) is 0. The third-order valence-corrected chi connectivity index (χ3v) is 10.8. The second-order valence-electron chi connectivity index (χ2n) is 13.2. The van der Waals surface area contributed by atoms with Gasteiger partial charge in [-0.05, 0) is 49.9 Å². The predicted octanol–water partition coefficient (Wildman–Crippen LogP) is 6.80. The van der Waals surface area contributed by atoms with Gasteiger partial charge in [-0.3, -0.25) is 4.79 Å². The first-order valence-electron chi connectivity index (χ1n) is 15.5. The molecule has 3 aromatic rings. The summed E-state index contributed by atoms with van der Waals surface area (Å²) in [6.07, 6.45) is 2.19. The molecule has 1 amide bonds. The van der Waals surface area contributed by atoms with Crippen LogP contribution in [-0.2, 0) is 11.3 Å². The molecular weight excluding hydrogens is 639 g/mol. The number of carboxylic acids is 1. The van der Waals surface area contributed by atoms with Gasteiger partial charge in [0.15, 0.2) is 6.73 Å². The highest BCUT2D eigenvalue weighted by Gasteiger charge is 2.53. The number of carbonyl (C=O) groups is 2. The number of carboxylic acid groups (broad SMARTS) is 1. The Morgan fingerprint density at radius 3 is 2.33 bits per heavy atom. The Balaban J connectivity index is 1.06. The van der Waals surface area contributed by atoms with Crippen molar-refractivity contribution >= 4 is 46.5 Å². The zero-order chi connectivity index (χ0) is 31.9. The summed E-state index contributed by atoms with van der Waals surface area (Å²) in [4.78, 5) is 31.5. The zero-order valence-corrected chi connectivity index (χ0v) is 26.3. The largest absolute Gasteiger partial charge is 0.478 e. The van der Waals surface area contributed by atoms with Crippen molar-refractivity contribution in [3.8, 4) is 16.9 Å². The monoisotopic (exact) mass is 669 g/mol. The lowest BCUT2D eigenvalue weighted by atomic mass is 9.62. The highest BCUT2D eigenvalue weighted by molar-refractivity contribution is 6.40. The van der Waals surface area contributed by atoms with Crippen molar-refractivity contribution in [1.29, 1.82) is 0 Å². The number of rotatable bonds is 5. The minimum atomic E-state index is -1.20. The fourth-order valence-electron chi connectivity index (χ4n) is 7.98. The molecule has 46 heavy (non-hydrogen) atoms. The molecule has 3 aromatic carbocycles. The van der Waals surface area contributed by atoms with Crippen molar-refractivity contribution in [1.82, 2.24) is 4.90 Å². The molecule has 5 aliphatic rings. The van der Waals surface area contributed by atoms with Gasteiger partial charge in [-0.1, -0.05) is 41.4 Å². The van der Waals surface area contributed by atoms with E-state index in [4.69, 9.17) is 32.7 Å². The van der Waals surface area contributed by atoms with Crippen LogP contribution < -0.4 is 14.5 Å². The van der Waals surface area contributed by atoms with Crippen molar-refractivity contribution in [2.24, 2.45) is 5.41 Å². The predicted molar refractivity (Wildman–Crippen MR) is 170 cm³/mol. The molecule has 0 radical (unpaired) electrons. The van der Waals surface area contributed by atoms with Gasteiger partial charge in [-0.2, -0.15) is 0 Å². The van der Waals surface area contributed by atoms with Gasteiger partial charge in [0.05, 0.1) is 58.7 Å². The van der Waals surface area contributed by atoms with Crippen LogP contribution in [0.4, 0.5) is 20.2 Å². The first kappa shape index (κ1) is 29.8. The van der Waals surface area contributed by atoms with Crippen LogP contribution in [0.25, 0.3) is 11.1 Å². The molecule has 1 N–H and O–H groups in total. The summed E-state index contributed by atoms with van der Waals surface area (Å²) in [6, 6.07) is 11.5. The number of hydrogen-bond donors (Lipinski definition) is 1. The first-order chi connectivity index (χ1) is 22.1. The van der Waals surface area contributed by atoms with E-state index in [1.165, 1.54) is 4.90 Å². The minimum Gasteiger partial charge on any atom is -0.478 e. The van der Waals surface area contributed by atoms with E-state index >= 15 is 4.39 Å². The molecule has 1 saturated carbocycles. The maximum absolute atomic E-state index is 15.7. The zero-order valence-electron chi connectivity index (χ0n) is 24.8. The summed E-state index contributed by atoms with van der Waals surface area (Å²) in [6.45, 7) is 2.51. The molecule has 0 aromatic heterocycles. The van der Waals surface area contributed by atoms with Gasteiger partial charge >= 0.3 is 5.97 Å². The third kappa shape index (κ3) is 4.79. The molecule has 12 heteroatoms. The van der Waals surface area contributed by atoms with Gasteiger partial charge in [0.2, 0.25) is 0 Å². The second-order valence-corrected chi connectivity index (χ2v) is 14.0. The molecule has 4 fully saturated rings. The van der Waals surface area contributed by atoms with Crippen LogP contribution in [0.15, 0.2) is 42.5 Å². The maximum atomic E-state index is 15.7. The normalized spacial score (nSPS) is 23.1. The van der Waals surface area contributed by atoms with E-state index in [1.54, 1.807) is 36.4 Å². The second kappa shape index (κ2) is 11.0. The number of ether oxygens (including phenoxy) is 2. The Morgan fingerprint density at radius 1 is 0.978 bits per heavy atom. The molecule has 2 atom stereocenters. The van der Waals surface area contributed by atoms with Crippen LogP contribution >= 0.6 is 23.2 Å². The molecule has 2 bridgehead atoms. The molecule has 2 unspecified atom stereocenters. The van der Waals surface area contributed by atoms with Crippen LogP contribution in [0, 0.1) is 11.2 Å². The van der Waals surface area contributed by atoms with Crippen molar-refractivity contribution in [2.45, 2.75) is 50.5 Å². The SMILES string of the molecule is O=C(O)c1cc(F)c(-c2cccc3c2OCN(C(=O)c2c(Cl)cc(N4CC5(CC(F)C5)C4)cc2Cl)C3)cc1N1C2CCC1COC2. The van der Waals surface area contributed by atoms with Crippen LogP contribution in [-0.4, -0.2) is 73.2 Å². The number of morpholine rings is 1. The quantitative estimate of drug-likeness (QED) is 0.320. The van der Waals surface area contributed by atoms with E-state index in [0.29, 0.717) is 48.6 Å². The summed E-state index contributed by atoms with van der Waals surface area (Å²) in [5.74, 6) is -1.85. The number of aromatic carboxylic acids is 1. The van der Waals surface area contributed by atoms with Crippen LogP contribution in [0.1, 0.15) is 52.0 Å². The van der Waals surface area contributed by atoms with Crippen molar-refractivity contribution in [3.63, 3.8) is 0 Å². The van der Waals surface area contributed by atoms with Crippen molar-refractivity contribution in [3.05, 3.63) is 75.0 Å². The first-order valence-corrected chi connectivity index (χ1v) is 16.2. The summed E-state index contributed by atoms with van der Waals surface area (Å²) in [5.41, 5.74) is 2.73. The number of alkyl halides is 1. The van der Waals surface area contributed by atoms with Crippen LogP contribution in [0.3, 0.4) is 0 Å². The number of fused-ring (bicyclic) bond motifs is 3. The van der Waals surface area contributed by atoms with Gasteiger partial charge in [0.25, 0.3) is 5.91 Å². The molecule has 8 nitrogen and oxygen atoms in total. The van der Waals surface area contributed by atoms with Crippen LogP contribution in [0.2, 0.25) is 10.0 Å². The number of halogens is 4. The number of nitrogens with zero attached hydrogens (tertiary/aromatic N) is 3. The number of benzene rings is 3. The Morgan fingerprint density at radius 2 is 1.67 bits per heavy atom. The molecule has 1 aliphatic carbocycles. The number of anilines is 2. The summed E-state index contributed by atoms with van der Waals surface area (Å²) in [5, 5.41) is 10.4. The van der Waals surface area contributed by atoms with Gasteiger partial charge in [0.1, 0.15) is 17.7 Å². The van der Waals surface area contributed by atoms with Gasteiger partial charge in [-0.25, -0.2) is 13.6 Å². The summed E-state index contributed by atoms with van der Waals surface area (Å²) >= 11 is 13.2. The molecule has 4 heterocycles. The van der Waals surface area contributed by atoms with Crippen LogP contribution in [0.5, 0.6) is 5.75 Å². The third-order valence-electron chi connectivity index (χ3n) is 10.2. The molecule has 240 valence electrons. The average molecular weight is 671 g/mol. The lowest BCUT2D eigenvalue weighted by Gasteiger charge is -2.58. The molecule has 3 saturated heterocycles. The van der Waals surface area contributed by atoms with E-state index in [1.807, 2.05) is 0 Å². The standard InChI is InChI=1S/C34H31Cl2F2N3O5/c35-26-6-22(40-15-34(16-40)10-19(37)11-34)7-27(36)30(26)32(42)39-12-18-2-1-3-23(31(18)46-17-39)24-9-29(25(33(43)44)8-28(24)38)41-20-4-5-21(41)14-45-13-20/h1-3,6-9,19-21H,4-5,10-17H2,(H,43,44). The van der Waals surface area contributed by atoms with Gasteiger partial charge in [0, 0.05) is 40.9 Å². The molecule has 8 rings (SSSR count). The smallest absolute Gasteiger partial charge is 0.337 e. The lowest BCUT2D eigenvalue weighted by Crippen LogP contribution is -2.63. The fraction of sp³-hybridized carbons (Fsp3) is 0.412. The van der Waals surface area contributed by atoms with Gasteiger partial charge < -0.3 is 29.3 Å². The van der Waals surface area contributed by atoms with Crippen molar-refractivity contribution in [2.75, 3.05) is 42.8 Å². The number of para-hydroxylation sites is 1. The fourth-order valence-corrected chi connectivity index (χ4v) is 8.62. The number of amides is 1. The highest BCUT2D eigenvalue weighted by Crippen LogP contribution is 2.51. The van der Waals surface area contributed by atoms with Gasteiger partial charge in [-0.15, -0.1) is 0 Å². The van der Waals surface area contributed by atoms with Crippen molar-refractivity contribution < 1.29 is 33.0 Å². The van der Waals surface area contributed by atoms with E-state index in [0.717, 1.165) is 37.7 Å². The van der Waals surface area contributed by atoms with E-state index in [-0.39, 0.29) is 57.5 Å². The number of hydrogen-bond acceptors (Lipinski definition) is 6. The Hall–Kier alpha value is -3.60.